The molecule has 0 aliphatic heterocycles. The van der Waals surface area contributed by atoms with Gasteiger partial charge < -0.3 is 4.57 Å². The van der Waals surface area contributed by atoms with Gasteiger partial charge in [0.15, 0.2) is 0 Å². The molecule has 0 fully saturated rings. The second-order valence-corrected chi connectivity index (χ2v) is 12.3. The van der Waals surface area contributed by atoms with Gasteiger partial charge in [-0.2, -0.15) is 0 Å². The minimum atomic E-state index is -2.45. The van der Waals surface area contributed by atoms with Crippen molar-refractivity contribution < 1.29 is 4.57 Å². The minimum absolute atomic E-state index is 0.183. The maximum Gasteiger partial charge on any atom is 0.120 e. The zero-order chi connectivity index (χ0) is 18.1. The summed E-state index contributed by atoms with van der Waals surface area (Å²) in [5.74, 6) is 1.29. The first kappa shape index (κ1) is 20.5. The summed E-state index contributed by atoms with van der Waals surface area (Å²) in [5.41, 5.74) is 4.36. The Labute approximate surface area is 144 Å². The summed E-state index contributed by atoms with van der Waals surface area (Å²) in [4.78, 5) is 0. The van der Waals surface area contributed by atoms with E-state index < -0.39 is 7.14 Å². The molecule has 1 aromatic carbocycles. The first-order valence-corrected chi connectivity index (χ1v) is 11.1. The zero-order valence-electron chi connectivity index (χ0n) is 16.9. The SMILES string of the molecule is CC(C)c1cc(C(C)C)c(P(=O)(C(C)C)C(C)C)c(C(C)C)c1. The molecule has 0 N–H and O–H groups in total. The van der Waals surface area contributed by atoms with Crippen molar-refractivity contribution >= 4 is 12.4 Å². The van der Waals surface area contributed by atoms with Crippen molar-refractivity contribution in [2.45, 2.75) is 98.3 Å². The van der Waals surface area contributed by atoms with Gasteiger partial charge in [-0.05, 0) is 34.4 Å². The van der Waals surface area contributed by atoms with E-state index in [1.807, 2.05) is 0 Å². The third-order valence-electron chi connectivity index (χ3n) is 4.99. The molecule has 1 nitrogen and oxygen atoms in total. The molecule has 0 aromatic heterocycles. The maximum absolute atomic E-state index is 14.1. The van der Waals surface area contributed by atoms with E-state index in [1.165, 1.54) is 22.0 Å². The lowest BCUT2D eigenvalue weighted by Gasteiger charge is -2.33. The summed E-state index contributed by atoms with van der Waals surface area (Å²) in [5, 5.41) is 1.19. The average Bonchev–Trinajstić information content (AvgIpc) is 2.43. The maximum atomic E-state index is 14.1. The van der Waals surface area contributed by atoms with Gasteiger partial charge in [0.1, 0.15) is 7.14 Å². The highest BCUT2D eigenvalue weighted by molar-refractivity contribution is 7.73. The van der Waals surface area contributed by atoms with Crippen LogP contribution in [0.5, 0.6) is 0 Å². The van der Waals surface area contributed by atoms with Gasteiger partial charge in [0, 0.05) is 16.6 Å². The largest absolute Gasteiger partial charge is 0.318 e. The molecule has 0 bridgehead atoms. The van der Waals surface area contributed by atoms with Crippen LogP contribution in [0.3, 0.4) is 0 Å². The first-order chi connectivity index (χ1) is 10.4. The Kier molecular flexibility index (Phi) is 6.74. The molecular formula is C21H37OP. The molecule has 1 aromatic rings. The van der Waals surface area contributed by atoms with Gasteiger partial charge in [-0.3, -0.25) is 0 Å². The highest BCUT2D eigenvalue weighted by Gasteiger charge is 2.37. The van der Waals surface area contributed by atoms with Gasteiger partial charge in [0.05, 0.1) is 0 Å². The van der Waals surface area contributed by atoms with Crippen LogP contribution >= 0.6 is 7.14 Å². The number of hydrogen-bond acceptors (Lipinski definition) is 1. The van der Waals surface area contributed by atoms with E-state index in [0.717, 1.165) is 0 Å². The molecule has 0 atom stereocenters. The normalized spacial score (nSPS) is 13.2. The van der Waals surface area contributed by atoms with Gasteiger partial charge in [0.2, 0.25) is 0 Å². The molecule has 0 amide bonds. The topological polar surface area (TPSA) is 17.1 Å². The van der Waals surface area contributed by atoms with Crippen molar-refractivity contribution in [1.29, 1.82) is 0 Å². The summed E-state index contributed by atoms with van der Waals surface area (Å²) in [6.07, 6.45) is 0. The molecule has 0 aliphatic rings. The molecule has 0 saturated heterocycles. The summed E-state index contributed by atoms with van der Waals surface area (Å²) >= 11 is 0. The number of rotatable bonds is 6. The van der Waals surface area contributed by atoms with Gasteiger partial charge in [-0.25, -0.2) is 0 Å². The molecule has 1 rings (SSSR count). The Bertz CT molecular complexity index is 538. The minimum Gasteiger partial charge on any atom is -0.318 e. The lowest BCUT2D eigenvalue weighted by molar-refractivity contribution is 0.568. The fourth-order valence-electron chi connectivity index (χ4n) is 3.43. The predicted molar refractivity (Wildman–Crippen MR) is 106 cm³/mol. The second kappa shape index (κ2) is 7.56. The lowest BCUT2D eigenvalue weighted by Crippen LogP contribution is -2.28. The molecule has 0 spiro atoms. The molecule has 0 aliphatic carbocycles. The second-order valence-electron chi connectivity index (χ2n) is 8.41. The summed E-state index contributed by atoms with van der Waals surface area (Å²) in [6, 6.07) is 4.65. The number of benzene rings is 1. The predicted octanol–water partition coefficient (Wildman–Crippen LogP) is 6.86. The van der Waals surface area contributed by atoms with E-state index >= 15 is 0 Å². The Morgan fingerprint density at radius 2 is 1.00 bits per heavy atom. The van der Waals surface area contributed by atoms with Crippen LogP contribution in [-0.2, 0) is 4.57 Å². The smallest absolute Gasteiger partial charge is 0.120 e. The quantitative estimate of drug-likeness (QED) is 0.518. The van der Waals surface area contributed by atoms with Crippen LogP contribution in [0, 0.1) is 0 Å². The van der Waals surface area contributed by atoms with Crippen molar-refractivity contribution in [1.82, 2.24) is 0 Å². The Hall–Kier alpha value is -0.550. The van der Waals surface area contributed by atoms with Gasteiger partial charge in [0.25, 0.3) is 0 Å². The highest BCUT2D eigenvalue weighted by Crippen LogP contribution is 2.56. The molecule has 0 saturated carbocycles. The van der Waals surface area contributed by atoms with Crippen LogP contribution in [0.15, 0.2) is 12.1 Å². The summed E-state index contributed by atoms with van der Waals surface area (Å²) < 4.78 is 14.1. The van der Waals surface area contributed by atoms with E-state index in [4.69, 9.17) is 0 Å². The summed E-state index contributed by atoms with van der Waals surface area (Å²) in [7, 11) is -2.45. The number of hydrogen-bond donors (Lipinski definition) is 0. The van der Waals surface area contributed by atoms with Gasteiger partial charge >= 0.3 is 0 Å². The Morgan fingerprint density at radius 3 is 1.22 bits per heavy atom. The molecule has 23 heavy (non-hydrogen) atoms. The Balaban J connectivity index is 3.91. The van der Waals surface area contributed by atoms with Crippen LogP contribution in [0.2, 0.25) is 0 Å². The molecule has 0 unspecified atom stereocenters. The average molecular weight is 337 g/mol. The van der Waals surface area contributed by atoms with E-state index in [1.54, 1.807) is 0 Å². The molecule has 0 heterocycles. The van der Waals surface area contributed by atoms with Crippen LogP contribution in [0.4, 0.5) is 0 Å². The van der Waals surface area contributed by atoms with Crippen molar-refractivity contribution in [3.63, 3.8) is 0 Å². The monoisotopic (exact) mass is 336 g/mol. The van der Waals surface area contributed by atoms with Gasteiger partial charge in [-0.1, -0.05) is 81.4 Å². The van der Waals surface area contributed by atoms with Gasteiger partial charge in [-0.15, -0.1) is 0 Å². The Morgan fingerprint density at radius 1 is 0.652 bits per heavy atom. The van der Waals surface area contributed by atoms with Crippen LogP contribution in [0.1, 0.15) is 104 Å². The zero-order valence-corrected chi connectivity index (χ0v) is 17.8. The van der Waals surface area contributed by atoms with E-state index in [-0.39, 0.29) is 11.3 Å². The van der Waals surface area contributed by atoms with Crippen molar-refractivity contribution in [2.75, 3.05) is 0 Å². The fraction of sp³-hybridized carbons (Fsp3) is 0.714. The molecule has 2 heteroatoms. The fourth-order valence-corrected chi connectivity index (χ4v) is 7.11. The standard InChI is InChI=1S/C21H37OP/c1-13(2)18-11-19(14(3)4)21(20(12-18)15(5)6)23(22,16(7)8)17(9)10/h11-17H,1-10H3. The molecule has 132 valence electrons. The van der Waals surface area contributed by atoms with E-state index in [2.05, 4.69) is 81.4 Å². The van der Waals surface area contributed by atoms with E-state index in [0.29, 0.717) is 17.8 Å². The third-order valence-corrected chi connectivity index (χ3v) is 9.27. The third kappa shape index (κ3) is 3.93. The summed E-state index contributed by atoms with van der Waals surface area (Å²) in [6.45, 7) is 21.9. The first-order valence-electron chi connectivity index (χ1n) is 9.22. The van der Waals surface area contributed by atoms with Crippen LogP contribution in [0.25, 0.3) is 0 Å². The van der Waals surface area contributed by atoms with E-state index in [9.17, 15) is 4.57 Å². The lowest BCUT2D eigenvalue weighted by atomic mass is 9.89. The molecule has 0 radical (unpaired) electrons. The van der Waals surface area contributed by atoms with Crippen molar-refractivity contribution in [3.05, 3.63) is 28.8 Å². The molecular weight excluding hydrogens is 299 g/mol. The highest BCUT2D eigenvalue weighted by atomic mass is 31.2. The van der Waals surface area contributed by atoms with Crippen molar-refractivity contribution in [2.24, 2.45) is 0 Å². The van der Waals surface area contributed by atoms with Crippen LogP contribution in [-0.4, -0.2) is 11.3 Å². The van der Waals surface area contributed by atoms with Crippen molar-refractivity contribution in [3.8, 4) is 0 Å². The van der Waals surface area contributed by atoms with Crippen LogP contribution < -0.4 is 5.30 Å².